The normalized spacial score (nSPS) is 13.4. The van der Waals surface area contributed by atoms with Crippen LogP contribution in [0.15, 0.2) is 63.7 Å². The maximum atomic E-state index is 12.9. The molecule has 0 bridgehead atoms. The minimum atomic E-state index is -0.190. The highest BCUT2D eigenvalue weighted by molar-refractivity contribution is 7.99. The lowest BCUT2D eigenvalue weighted by Gasteiger charge is -2.12. The molecule has 8 heteroatoms. The van der Waals surface area contributed by atoms with Gasteiger partial charge in [-0.05, 0) is 50.2 Å². The number of hydrogen-bond acceptors (Lipinski definition) is 6. The molecule has 1 aliphatic heterocycles. The summed E-state index contributed by atoms with van der Waals surface area (Å²) in [5.41, 5.74) is 2.17. The maximum absolute atomic E-state index is 12.9. The highest BCUT2D eigenvalue weighted by atomic mass is 35.5. The monoisotopic (exact) mass is 456 g/mol. The van der Waals surface area contributed by atoms with Crippen LogP contribution in [-0.2, 0) is 6.54 Å². The molecule has 1 saturated heterocycles. The molecule has 1 fully saturated rings. The number of anilines is 1. The number of carbonyl (C=O) groups excluding carboxylic acids is 1. The molecule has 0 spiro atoms. The van der Waals surface area contributed by atoms with Gasteiger partial charge in [0.05, 0.1) is 16.8 Å². The molecule has 3 aromatic rings. The van der Waals surface area contributed by atoms with Gasteiger partial charge in [-0.25, -0.2) is 4.98 Å². The predicted molar refractivity (Wildman–Crippen MR) is 124 cm³/mol. The Labute approximate surface area is 190 Å². The first-order chi connectivity index (χ1) is 14.2. The van der Waals surface area contributed by atoms with Gasteiger partial charge in [0.25, 0.3) is 5.91 Å². The summed E-state index contributed by atoms with van der Waals surface area (Å²) in [7, 11) is 0. The van der Waals surface area contributed by atoms with Crippen molar-refractivity contribution in [1.29, 1.82) is 5.26 Å². The Morgan fingerprint density at radius 2 is 1.83 bits per heavy atom. The molecular formula is C22H21ClN4OS2. The zero-order valence-electron chi connectivity index (χ0n) is 16.2. The number of rotatable bonds is 6. The van der Waals surface area contributed by atoms with E-state index in [0.717, 1.165) is 35.1 Å². The number of nitrogens with zero attached hydrogens (tertiary/aromatic N) is 3. The van der Waals surface area contributed by atoms with Crippen molar-refractivity contribution < 1.29 is 4.79 Å². The van der Waals surface area contributed by atoms with Gasteiger partial charge in [0, 0.05) is 21.7 Å². The van der Waals surface area contributed by atoms with Crippen molar-refractivity contribution in [3.05, 3.63) is 70.7 Å². The van der Waals surface area contributed by atoms with Crippen molar-refractivity contribution in [2.24, 2.45) is 0 Å². The number of carbonyl (C=O) groups is 1. The summed E-state index contributed by atoms with van der Waals surface area (Å²) in [6.45, 7) is 3.08. The van der Waals surface area contributed by atoms with E-state index in [4.69, 9.17) is 0 Å². The third-order valence-electron chi connectivity index (χ3n) is 4.72. The molecule has 1 aromatic heterocycles. The lowest BCUT2D eigenvalue weighted by Crippen LogP contribution is -2.18. The molecule has 1 amide bonds. The molecule has 1 N–H and O–H groups in total. The van der Waals surface area contributed by atoms with Crippen LogP contribution in [-0.4, -0.2) is 28.9 Å². The van der Waals surface area contributed by atoms with Crippen molar-refractivity contribution in [3.8, 4) is 6.07 Å². The van der Waals surface area contributed by atoms with Crippen LogP contribution in [0.4, 0.5) is 5.13 Å². The molecule has 154 valence electrons. The fraction of sp³-hybridized carbons (Fsp3) is 0.227. The fourth-order valence-electron chi connectivity index (χ4n) is 3.28. The summed E-state index contributed by atoms with van der Waals surface area (Å²) in [5, 5.41) is 14.9. The molecule has 0 saturated carbocycles. The number of amides is 1. The van der Waals surface area contributed by atoms with Crippen molar-refractivity contribution in [2.45, 2.75) is 29.2 Å². The van der Waals surface area contributed by atoms with Gasteiger partial charge in [0.2, 0.25) is 0 Å². The van der Waals surface area contributed by atoms with Gasteiger partial charge in [0.1, 0.15) is 6.07 Å². The van der Waals surface area contributed by atoms with Crippen LogP contribution >= 0.6 is 35.5 Å². The smallest absolute Gasteiger partial charge is 0.258 e. The van der Waals surface area contributed by atoms with Crippen LogP contribution in [0.5, 0.6) is 0 Å². The zero-order valence-corrected chi connectivity index (χ0v) is 18.7. The average Bonchev–Trinajstić information content (AvgIpc) is 3.41. The highest BCUT2D eigenvalue weighted by Gasteiger charge is 2.17. The largest absolute Gasteiger partial charge is 0.298 e. The van der Waals surface area contributed by atoms with Crippen molar-refractivity contribution >= 4 is 46.5 Å². The molecule has 1 aliphatic rings. The SMILES string of the molecule is Cl.N#Cc1ccccc1Sc1ccccc1C(=O)Nc1nc(CN2CCCC2)cs1. The first-order valence-electron chi connectivity index (χ1n) is 9.47. The molecule has 0 radical (unpaired) electrons. The van der Waals surface area contributed by atoms with E-state index in [1.54, 1.807) is 12.1 Å². The van der Waals surface area contributed by atoms with E-state index in [2.05, 4.69) is 21.3 Å². The van der Waals surface area contributed by atoms with E-state index in [9.17, 15) is 10.1 Å². The predicted octanol–water partition coefficient (Wildman–Crippen LogP) is 5.44. The van der Waals surface area contributed by atoms with Gasteiger partial charge in [-0.2, -0.15) is 5.26 Å². The van der Waals surface area contributed by atoms with Crippen LogP contribution in [0.25, 0.3) is 0 Å². The lowest BCUT2D eigenvalue weighted by molar-refractivity contribution is 0.102. The maximum Gasteiger partial charge on any atom is 0.258 e. The summed E-state index contributed by atoms with van der Waals surface area (Å²) < 4.78 is 0. The van der Waals surface area contributed by atoms with E-state index in [-0.39, 0.29) is 18.3 Å². The van der Waals surface area contributed by atoms with Crippen LogP contribution < -0.4 is 5.32 Å². The first-order valence-corrected chi connectivity index (χ1v) is 11.2. The van der Waals surface area contributed by atoms with Gasteiger partial charge in [-0.3, -0.25) is 15.0 Å². The van der Waals surface area contributed by atoms with E-state index in [1.165, 1.54) is 35.9 Å². The highest BCUT2D eigenvalue weighted by Crippen LogP contribution is 2.33. The van der Waals surface area contributed by atoms with Crippen molar-refractivity contribution in [3.63, 3.8) is 0 Å². The second kappa shape index (κ2) is 10.6. The van der Waals surface area contributed by atoms with E-state index < -0.39 is 0 Å². The summed E-state index contributed by atoms with van der Waals surface area (Å²) in [4.78, 5) is 21.5. The molecule has 4 rings (SSSR count). The van der Waals surface area contributed by atoms with Crippen LogP contribution in [0.3, 0.4) is 0 Å². The van der Waals surface area contributed by atoms with Crippen molar-refractivity contribution in [2.75, 3.05) is 18.4 Å². The Balaban J connectivity index is 0.00000256. The number of halogens is 1. The molecule has 30 heavy (non-hydrogen) atoms. The van der Waals surface area contributed by atoms with Gasteiger partial charge >= 0.3 is 0 Å². The molecule has 5 nitrogen and oxygen atoms in total. The number of benzene rings is 2. The fourth-order valence-corrected chi connectivity index (χ4v) is 5.00. The Bertz CT molecular complexity index is 1060. The molecular weight excluding hydrogens is 436 g/mol. The second-order valence-electron chi connectivity index (χ2n) is 6.79. The van der Waals surface area contributed by atoms with Gasteiger partial charge in [-0.1, -0.05) is 36.0 Å². The second-order valence-corrected chi connectivity index (χ2v) is 8.73. The number of aromatic nitrogens is 1. The van der Waals surface area contributed by atoms with Crippen molar-refractivity contribution in [1.82, 2.24) is 9.88 Å². The van der Waals surface area contributed by atoms with Gasteiger partial charge < -0.3 is 0 Å². The molecule has 2 heterocycles. The van der Waals surface area contributed by atoms with Gasteiger partial charge in [0.15, 0.2) is 5.13 Å². The number of thiazole rings is 1. The lowest BCUT2D eigenvalue weighted by atomic mass is 10.2. The van der Waals surface area contributed by atoms with Crippen LogP contribution in [0.1, 0.15) is 34.5 Å². The minimum Gasteiger partial charge on any atom is -0.298 e. The Morgan fingerprint density at radius 3 is 2.60 bits per heavy atom. The Morgan fingerprint density at radius 1 is 1.13 bits per heavy atom. The third kappa shape index (κ3) is 5.41. The van der Waals surface area contributed by atoms with Crippen LogP contribution in [0.2, 0.25) is 0 Å². The minimum absolute atomic E-state index is 0. The first kappa shape index (κ1) is 22.3. The number of nitrogens with one attached hydrogen (secondary N) is 1. The standard InChI is InChI=1S/C22H20N4OS2.ClH/c23-13-16-7-1-3-9-19(16)29-20-10-4-2-8-18(20)21(27)25-22-24-17(15-28-22)14-26-11-5-6-12-26;/h1-4,7-10,15H,5-6,11-12,14H2,(H,24,25,27);1H. The Hall–Kier alpha value is -2.37. The quantitative estimate of drug-likeness (QED) is 0.535. The average molecular weight is 457 g/mol. The molecule has 2 aromatic carbocycles. The molecule has 0 atom stereocenters. The topological polar surface area (TPSA) is 69.0 Å². The number of likely N-dealkylation sites (tertiary alicyclic amines) is 1. The summed E-state index contributed by atoms with van der Waals surface area (Å²) in [6, 6.07) is 17.0. The zero-order chi connectivity index (χ0) is 20.1. The number of hydrogen-bond donors (Lipinski definition) is 1. The Kier molecular flexibility index (Phi) is 7.88. The van der Waals surface area contributed by atoms with E-state index in [1.807, 2.05) is 41.8 Å². The summed E-state index contributed by atoms with van der Waals surface area (Å²) in [6.07, 6.45) is 2.49. The number of nitriles is 1. The van der Waals surface area contributed by atoms with Gasteiger partial charge in [-0.15, -0.1) is 23.7 Å². The van der Waals surface area contributed by atoms with E-state index in [0.29, 0.717) is 16.3 Å². The molecule has 0 unspecified atom stereocenters. The van der Waals surface area contributed by atoms with Crippen LogP contribution in [0, 0.1) is 11.3 Å². The third-order valence-corrected chi connectivity index (χ3v) is 6.67. The molecule has 0 aliphatic carbocycles. The summed E-state index contributed by atoms with van der Waals surface area (Å²) in [5.74, 6) is -0.190. The van der Waals surface area contributed by atoms with E-state index >= 15 is 0 Å². The summed E-state index contributed by atoms with van der Waals surface area (Å²) >= 11 is 2.88.